The summed E-state index contributed by atoms with van der Waals surface area (Å²) in [5.41, 5.74) is 1.70. The summed E-state index contributed by atoms with van der Waals surface area (Å²) in [7, 11) is 4.76. The average Bonchev–Trinajstić information content (AvgIpc) is 3.04. The number of oxazole rings is 1. The Morgan fingerprint density at radius 2 is 1.88 bits per heavy atom. The summed E-state index contributed by atoms with van der Waals surface area (Å²) >= 11 is 0. The van der Waals surface area contributed by atoms with E-state index in [1.807, 2.05) is 13.0 Å². The third-order valence-corrected chi connectivity index (χ3v) is 4.55. The first kappa shape index (κ1) is 16.4. The summed E-state index contributed by atoms with van der Waals surface area (Å²) in [5.74, 6) is 3.98. The van der Waals surface area contributed by atoms with Gasteiger partial charge < -0.3 is 23.5 Å². The van der Waals surface area contributed by atoms with Crippen LogP contribution in [0.3, 0.4) is 0 Å². The molecule has 1 aliphatic heterocycles. The number of benzene rings is 1. The van der Waals surface area contributed by atoms with Crippen LogP contribution in [0.25, 0.3) is 10.9 Å². The second-order valence-electron chi connectivity index (χ2n) is 6.01. The minimum atomic E-state index is 0.513. The fraction of sp³-hybridized carbons (Fsp3) is 0.389. The number of ether oxygens (including phenoxy) is 3. The zero-order valence-corrected chi connectivity index (χ0v) is 15.2. The molecule has 0 amide bonds. The van der Waals surface area contributed by atoms with Gasteiger partial charge in [0.1, 0.15) is 23.4 Å². The molecule has 8 nitrogen and oxygen atoms in total. The lowest BCUT2D eigenvalue weighted by molar-refractivity contribution is 0.327. The number of anilines is 1. The first-order chi connectivity index (χ1) is 12.7. The highest BCUT2D eigenvalue weighted by atomic mass is 16.5. The van der Waals surface area contributed by atoms with Crippen LogP contribution in [-0.2, 0) is 13.0 Å². The topological polar surface area (TPSA) is 82.7 Å². The van der Waals surface area contributed by atoms with Crippen LogP contribution in [0.2, 0.25) is 0 Å². The smallest absolute Gasteiger partial charge is 0.205 e. The molecule has 0 N–H and O–H groups in total. The largest absolute Gasteiger partial charge is 0.493 e. The van der Waals surface area contributed by atoms with Crippen molar-refractivity contribution in [2.24, 2.45) is 0 Å². The first-order valence-corrected chi connectivity index (χ1v) is 8.30. The molecule has 3 aromatic rings. The molecule has 1 aromatic carbocycles. The van der Waals surface area contributed by atoms with E-state index in [0.717, 1.165) is 35.6 Å². The Labute approximate surface area is 150 Å². The van der Waals surface area contributed by atoms with Crippen LogP contribution in [0.4, 0.5) is 5.82 Å². The van der Waals surface area contributed by atoms with Gasteiger partial charge in [-0.2, -0.15) is 0 Å². The SMILES string of the molecule is COc1cc2c(N3CCc4nc(C)oc4C3)ncnc2c(OC)c1OC. The van der Waals surface area contributed by atoms with E-state index in [4.69, 9.17) is 18.6 Å². The summed E-state index contributed by atoms with van der Waals surface area (Å²) < 4.78 is 22.2. The van der Waals surface area contributed by atoms with Gasteiger partial charge in [0.15, 0.2) is 17.4 Å². The highest BCUT2D eigenvalue weighted by Gasteiger charge is 2.26. The lowest BCUT2D eigenvalue weighted by atomic mass is 10.1. The van der Waals surface area contributed by atoms with E-state index >= 15 is 0 Å². The molecule has 1 aliphatic rings. The van der Waals surface area contributed by atoms with E-state index in [9.17, 15) is 0 Å². The van der Waals surface area contributed by atoms with Crippen molar-refractivity contribution in [2.45, 2.75) is 19.9 Å². The van der Waals surface area contributed by atoms with Crippen LogP contribution in [0, 0.1) is 6.92 Å². The zero-order valence-electron chi connectivity index (χ0n) is 15.2. The number of hydrogen-bond donors (Lipinski definition) is 0. The molecule has 3 heterocycles. The molecular weight excluding hydrogens is 336 g/mol. The van der Waals surface area contributed by atoms with E-state index in [2.05, 4.69) is 19.9 Å². The van der Waals surface area contributed by atoms with Crippen molar-refractivity contribution < 1.29 is 18.6 Å². The van der Waals surface area contributed by atoms with Gasteiger partial charge in [0, 0.05) is 19.9 Å². The van der Waals surface area contributed by atoms with E-state index in [1.54, 1.807) is 21.3 Å². The third-order valence-electron chi connectivity index (χ3n) is 4.55. The van der Waals surface area contributed by atoms with Gasteiger partial charge >= 0.3 is 0 Å². The van der Waals surface area contributed by atoms with Gasteiger partial charge in [-0.25, -0.2) is 15.0 Å². The van der Waals surface area contributed by atoms with Crippen LogP contribution in [-0.4, -0.2) is 42.8 Å². The Balaban J connectivity index is 1.86. The molecular formula is C18H20N4O4. The van der Waals surface area contributed by atoms with E-state index in [-0.39, 0.29) is 0 Å². The van der Waals surface area contributed by atoms with Crippen molar-refractivity contribution in [3.05, 3.63) is 29.7 Å². The lowest BCUT2D eigenvalue weighted by Gasteiger charge is -2.27. The summed E-state index contributed by atoms with van der Waals surface area (Å²) in [4.78, 5) is 15.5. The van der Waals surface area contributed by atoms with Gasteiger partial charge in [0.2, 0.25) is 5.75 Å². The number of aryl methyl sites for hydroxylation is 1. The van der Waals surface area contributed by atoms with Crippen molar-refractivity contribution in [1.82, 2.24) is 15.0 Å². The molecule has 0 bridgehead atoms. The normalized spacial score (nSPS) is 13.6. The molecule has 136 valence electrons. The van der Waals surface area contributed by atoms with Crippen molar-refractivity contribution in [3.63, 3.8) is 0 Å². The molecule has 0 radical (unpaired) electrons. The Hall–Kier alpha value is -3.03. The molecule has 26 heavy (non-hydrogen) atoms. The Kier molecular flexibility index (Phi) is 4.02. The third kappa shape index (κ3) is 2.49. The molecule has 0 unspecified atom stereocenters. The second kappa shape index (κ2) is 6.36. The number of nitrogens with zero attached hydrogens (tertiary/aromatic N) is 4. The predicted molar refractivity (Wildman–Crippen MR) is 95.2 cm³/mol. The summed E-state index contributed by atoms with van der Waals surface area (Å²) in [6.07, 6.45) is 2.34. The van der Waals surface area contributed by atoms with Gasteiger partial charge in [-0.3, -0.25) is 0 Å². The molecule has 0 saturated heterocycles. The maximum absolute atomic E-state index is 5.73. The Bertz CT molecular complexity index is 969. The number of methoxy groups -OCH3 is 3. The Morgan fingerprint density at radius 3 is 2.62 bits per heavy atom. The van der Waals surface area contributed by atoms with Gasteiger partial charge in [-0.15, -0.1) is 0 Å². The molecule has 4 rings (SSSR count). The first-order valence-electron chi connectivity index (χ1n) is 8.30. The van der Waals surface area contributed by atoms with E-state index in [1.165, 1.54) is 6.33 Å². The van der Waals surface area contributed by atoms with E-state index in [0.29, 0.717) is 35.2 Å². The highest BCUT2D eigenvalue weighted by Crippen LogP contribution is 2.44. The fourth-order valence-electron chi connectivity index (χ4n) is 3.41. The summed E-state index contributed by atoms with van der Waals surface area (Å²) in [6, 6.07) is 1.88. The fourth-order valence-corrected chi connectivity index (χ4v) is 3.41. The molecule has 2 aromatic heterocycles. The van der Waals surface area contributed by atoms with Crippen molar-refractivity contribution >= 4 is 16.7 Å². The van der Waals surface area contributed by atoms with Crippen molar-refractivity contribution in [3.8, 4) is 17.2 Å². The Morgan fingerprint density at radius 1 is 1.08 bits per heavy atom. The molecule has 0 fully saturated rings. The summed E-state index contributed by atoms with van der Waals surface area (Å²) in [6.45, 7) is 3.27. The highest BCUT2D eigenvalue weighted by molar-refractivity contribution is 5.97. The molecule has 0 aliphatic carbocycles. The van der Waals surface area contributed by atoms with Crippen LogP contribution in [0.5, 0.6) is 17.2 Å². The molecule has 0 atom stereocenters. The van der Waals surface area contributed by atoms with Crippen molar-refractivity contribution in [1.29, 1.82) is 0 Å². The van der Waals surface area contributed by atoms with E-state index < -0.39 is 0 Å². The quantitative estimate of drug-likeness (QED) is 0.705. The monoisotopic (exact) mass is 356 g/mol. The molecule has 0 saturated carbocycles. The standard InChI is InChI=1S/C18H20N4O4/c1-10-21-12-5-6-22(8-14(12)26-10)18-11-7-13(23-2)16(24-3)17(25-4)15(11)19-9-20-18/h7,9H,5-6,8H2,1-4H3. The van der Waals surface area contributed by atoms with Crippen LogP contribution >= 0.6 is 0 Å². The number of aromatic nitrogens is 3. The maximum atomic E-state index is 5.73. The second-order valence-corrected chi connectivity index (χ2v) is 6.01. The van der Waals surface area contributed by atoms with Gasteiger partial charge in [0.25, 0.3) is 0 Å². The molecule has 8 heteroatoms. The van der Waals surface area contributed by atoms with Crippen LogP contribution in [0.15, 0.2) is 16.8 Å². The van der Waals surface area contributed by atoms with Crippen LogP contribution in [0.1, 0.15) is 17.3 Å². The number of rotatable bonds is 4. The average molecular weight is 356 g/mol. The minimum absolute atomic E-state index is 0.513. The zero-order chi connectivity index (χ0) is 18.3. The number of fused-ring (bicyclic) bond motifs is 2. The van der Waals surface area contributed by atoms with Gasteiger partial charge in [0.05, 0.1) is 39.0 Å². The van der Waals surface area contributed by atoms with Gasteiger partial charge in [-0.1, -0.05) is 0 Å². The molecule has 0 spiro atoms. The lowest BCUT2D eigenvalue weighted by Crippen LogP contribution is -2.30. The maximum Gasteiger partial charge on any atom is 0.205 e. The van der Waals surface area contributed by atoms with Crippen molar-refractivity contribution in [2.75, 3.05) is 32.8 Å². The number of hydrogen-bond acceptors (Lipinski definition) is 8. The van der Waals surface area contributed by atoms with Gasteiger partial charge in [-0.05, 0) is 6.07 Å². The predicted octanol–water partition coefficient (Wildman–Crippen LogP) is 2.51. The minimum Gasteiger partial charge on any atom is -0.493 e. The summed E-state index contributed by atoms with van der Waals surface area (Å²) in [5, 5.41) is 0.835. The van der Waals surface area contributed by atoms with Crippen LogP contribution < -0.4 is 19.1 Å².